The lowest BCUT2D eigenvalue weighted by Gasteiger charge is -2.31. The largest absolute Gasteiger partial charge is 0.381 e. The summed E-state index contributed by atoms with van der Waals surface area (Å²) in [5, 5.41) is 3.24. The minimum absolute atomic E-state index is 0.0725. The van der Waals surface area contributed by atoms with Gasteiger partial charge < -0.3 is 19.5 Å². The zero-order chi connectivity index (χ0) is 22.8. The first-order valence-electron chi connectivity index (χ1n) is 12.4. The van der Waals surface area contributed by atoms with Crippen molar-refractivity contribution in [1.82, 2.24) is 19.8 Å². The van der Waals surface area contributed by atoms with E-state index in [1.54, 1.807) is 0 Å². The molecule has 3 aliphatic rings. The van der Waals surface area contributed by atoms with Crippen LogP contribution in [0.1, 0.15) is 61.6 Å². The molecule has 0 spiro atoms. The molecule has 1 N–H and O–H groups in total. The van der Waals surface area contributed by atoms with Gasteiger partial charge in [-0.15, -0.1) is 0 Å². The fourth-order valence-electron chi connectivity index (χ4n) is 5.56. The molecule has 7 nitrogen and oxygen atoms in total. The quantitative estimate of drug-likeness (QED) is 0.755. The van der Waals surface area contributed by atoms with E-state index < -0.39 is 0 Å². The number of nitrogens with one attached hydrogen (secondary N) is 1. The molecule has 5 rings (SSSR count). The second-order valence-electron chi connectivity index (χ2n) is 9.73. The van der Waals surface area contributed by atoms with E-state index in [1.807, 2.05) is 35.2 Å². The van der Waals surface area contributed by atoms with Crippen LogP contribution in [0.2, 0.25) is 0 Å². The summed E-state index contributed by atoms with van der Waals surface area (Å²) in [4.78, 5) is 33.2. The van der Waals surface area contributed by atoms with Gasteiger partial charge in [0.15, 0.2) is 5.69 Å². The topological polar surface area (TPSA) is 76.5 Å². The minimum Gasteiger partial charge on any atom is -0.381 e. The molecule has 0 bridgehead atoms. The molecule has 2 aliphatic heterocycles. The molecule has 1 aromatic carbocycles. The van der Waals surface area contributed by atoms with Gasteiger partial charge in [-0.05, 0) is 32.1 Å². The number of amides is 2. The van der Waals surface area contributed by atoms with Crippen LogP contribution < -0.4 is 5.32 Å². The van der Waals surface area contributed by atoms with Crippen molar-refractivity contribution in [2.24, 2.45) is 11.8 Å². The Balaban J connectivity index is 1.42. The van der Waals surface area contributed by atoms with E-state index in [2.05, 4.69) is 16.8 Å². The zero-order valence-electron chi connectivity index (χ0n) is 19.5. The second kappa shape index (κ2) is 9.67. The molecule has 33 heavy (non-hydrogen) atoms. The van der Waals surface area contributed by atoms with Crippen LogP contribution in [0.25, 0.3) is 11.4 Å². The van der Waals surface area contributed by atoms with Gasteiger partial charge in [0, 0.05) is 31.3 Å². The molecular formula is C26H34N4O3. The SMILES string of the molecule is C[C@@H](NC(=O)c1nc(-c2ccccc2)n2c1CN(C(=O)C1CCOC1)CC2)C1CCCCC1. The van der Waals surface area contributed by atoms with Gasteiger partial charge in [0.1, 0.15) is 5.82 Å². The fourth-order valence-corrected chi connectivity index (χ4v) is 5.56. The van der Waals surface area contributed by atoms with Crippen LogP contribution in [0.3, 0.4) is 0 Å². The van der Waals surface area contributed by atoms with Crippen molar-refractivity contribution in [2.75, 3.05) is 19.8 Å². The number of nitrogens with zero attached hydrogens (tertiary/aromatic N) is 3. The number of carbonyl (C=O) groups excluding carboxylic acids is 2. The Labute approximate surface area is 195 Å². The highest BCUT2D eigenvalue weighted by Crippen LogP contribution is 2.29. The van der Waals surface area contributed by atoms with Gasteiger partial charge in [0.2, 0.25) is 5.91 Å². The monoisotopic (exact) mass is 450 g/mol. The van der Waals surface area contributed by atoms with Gasteiger partial charge in [0.05, 0.1) is 24.8 Å². The first kappa shape index (κ1) is 22.1. The van der Waals surface area contributed by atoms with E-state index in [0.29, 0.717) is 44.5 Å². The number of ether oxygens (including phenoxy) is 1. The molecule has 2 amide bonds. The standard InChI is InChI=1S/C26H34N4O3/c1-18(19-8-4-2-5-9-19)27-25(31)23-22-16-29(26(32)21-12-15-33-17-21)13-14-30(22)24(28-23)20-10-6-3-7-11-20/h3,6-7,10-11,18-19,21H,2,4-5,8-9,12-17H2,1H3,(H,27,31)/t18-,21?/m1/s1. The van der Waals surface area contributed by atoms with Gasteiger partial charge in [-0.1, -0.05) is 49.6 Å². The number of carbonyl (C=O) groups is 2. The summed E-state index contributed by atoms with van der Waals surface area (Å²) in [6.45, 7) is 4.93. The fraction of sp³-hybridized carbons (Fsp3) is 0.577. The highest BCUT2D eigenvalue weighted by Gasteiger charge is 2.34. The maximum Gasteiger partial charge on any atom is 0.272 e. The molecule has 1 aliphatic carbocycles. The Kier molecular flexibility index (Phi) is 6.49. The van der Waals surface area contributed by atoms with E-state index in [9.17, 15) is 9.59 Å². The van der Waals surface area contributed by atoms with E-state index in [1.165, 1.54) is 32.1 Å². The van der Waals surface area contributed by atoms with Gasteiger partial charge in [-0.25, -0.2) is 4.98 Å². The van der Waals surface area contributed by atoms with Crippen LogP contribution in [0, 0.1) is 11.8 Å². The molecule has 2 atom stereocenters. The lowest BCUT2D eigenvalue weighted by atomic mass is 9.84. The molecular weight excluding hydrogens is 416 g/mol. The molecule has 1 aromatic heterocycles. The van der Waals surface area contributed by atoms with Gasteiger partial charge in [-0.3, -0.25) is 9.59 Å². The number of aromatic nitrogens is 2. The summed E-state index contributed by atoms with van der Waals surface area (Å²) in [7, 11) is 0. The Morgan fingerprint density at radius 1 is 1.09 bits per heavy atom. The van der Waals surface area contributed by atoms with Gasteiger partial charge in [0.25, 0.3) is 5.91 Å². The molecule has 3 heterocycles. The summed E-state index contributed by atoms with van der Waals surface area (Å²) in [6, 6.07) is 10.1. The third kappa shape index (κ3) is 4.56. The number of hydrogen-bond donors (Lipinski definition) is 1. The molecule has 176 valence electrons. The van der Waals surface area contributed by atoms with Crippen molar-refractivity contribution in [3.05, 3.63) is 41.7 Å². The average molecular weight is 451 g/mol. The van der Waals surface area contributed by atoms with E-state index in [-0.39, 0.29) is 23.8 Å². The molecule has 2 fully saturated rings. The number of imidazole rings is 1. The Hall–Kier alpha value is -2.67. The van der Waals surface area contributed by atoms with E-state index in [0.717, 1.165) is 23.5 Å². The lowest BCUT2D eigenvalue weighted by molar-refractivity contribution is -0.137. The number of rotatable bonds is 5. The molecule has 1 saturated heterocycles. The summed E-state index contributed by atoms with van der Waals surface area (Å²) in [5.41, 5.74) is 2.28. The number of fused-ring (bicyclic) bond motifs is 1. The van der Waals surface area contributed by atoms with E-state index >= 15 is 0 Å². The normalized spacial score (nSPS) is 22.1. The molecule has 2 aromatic rings. The number of benzene rings is 1. The third-order valence-corrected chi connectivity index (χ3v) is 7.56. The van der Waals surface area contributed by atoms with Gasteiger partial charge in [-0.2, -0.15) is 0 Å². The highest BCUT2D eigenvalue weighted by atomic mass is 16.5. The van der Waals surface area contributed by atoms with Crippen molar-refractivity contribution in [3.63, 3.8) is 0 Å². The van der Waals surface area contributed by atoms with Crippen molar-refractivity contribution >= 4 is 11.8 Å². The summed E-state index contributed by atoms with van der Waals surface area (Å²) < 4.78 is 7.56. The molecule has 1 unspecified atom stereocenters. The first-order valence-corrected chi connectivity index (χ1v) is 12.4. The van der Waals surface area contributed by atoms with Gasteiger partial charge >= 0.3 is 0 Å². The Bertz CT molecular complexity index is 990. The maximum atomic E-state index is 13.4. The van der Waals surface area contributed by atoms with Crippen LogP contribution >= 0.6 is 0 Å². The van der Waals surface area contributed by atoms with Crippen molar-refractivity contribution in [1.29, 1.82) is 0 Å². The lowest BCUT2D eigenvalue weighted by Crippen LogP contribution is -2.43. The molecule has 1 saturated carbocycles. The Morgan fingerprint density at radius 3 is 2.61 bits per heavy atom. The molecule has 7 heteroatoms. The highest BCUT2D eigenvalue weighted by molar-refractivity contribution is 5.94. The average Bonchev–Trinajstić information content (AvgIpc) is 3.53. The minimum atomic E-state index is -0.127. The summed E-state index contributed by atoms with van der Waals surface area (Å²) in [5.74, 6) is 1.25. The third-order valence-electron chi connectivity index (χ3n) is 7.56. The maximum absolute atomic E-state index is 13.4. The Morgan fingerprint density at radius 2 is 1.88 bits per heavy atom. The zero-order valence-corrected chi connectivity index (χ0v) is 19.5. The predicted octanol–water partition coefficient (Wildman–Crippen LogP) is 3.63. The molecule has 0 radical (unpaired) electrons. The smallest absolute Gasteiger partial charge is 0.272 e. The van der Waals surface area contributed by atoms with Crippen LogP contribution in [0.15, 0.2) is 30.3 Å². The predicted molar refractivity (Wildman–Crippen MR) is 126 cm³/mol. The van der Waals surface area contributed by atoms with Crippen molar-refractivity contribution < 1.29 is 14.3 Å². The number of hydrogen-bond acceptors (Lipinski definition) is 4. The summed E-state index contributed by atoms with van der Waals surface area (Å²) in [6.07, 6.45) is 6.89. The van der Waals surface area contributed by atoms with Crippen LogP contribution in [0.5, 0.6) is 0 Å². The second-order valence-corrected chi connectivity index (χ2v) is 9.73. The van der Waals surface area contributed by atoms with Crippen molar-refractivity contribution in [3.8, 4) is 11.4 Å². The first-order chi connectivity index (χ1) is 16.1. The summed E-state index contributed by atoms with van der Waals surface area (Å²) >= 11 is 0. The van der Waals surface area contributed by atoms with Crippen molar-refractivity contribution in [2.45, 2.75) is 64.6 Å². The van der Waals surface area contributed by atoms with Crippen LogP contribution in [-0.4, -0.2) is 52.1 Å². The van der Waals surface area contributed by atoms with E-state index in [4.69, 9.17) is 9.72 Å². The van der Waals surface area contributed by atoms with Crippen LogP contribution in [-0.2, 0) is 22.6 Å². The van der Waals surface area contributed by atoms with Crippen LogP contribution in [0.4, 0.5) is 0 Å².